The molecule has 1 atom stereocenters. The Labute approximate surface area is 235 Å². The minimum atomic E-state index is -0.578. The highest BCUT2D eigenvalue weighted by atomic mass is 35.5. The van der Waals surface area contributed by atoms with Crippen molar-refractivity contribution in [2.45, 2.75) is 25.2 Å². The van der Waals surface area contributed by atoms with Gasteiger partial charge < -0.3 is 21.1 Å². The number of carbonyl (C=O) groups is 1. The number of nitriles is 1. The van der Waals surface area contributed by atoms with E-state index in [0.717, 1.165) is 5.56 Å². The Balaban J connectivity index is 1.63. The highest BCUT2D eigenvalue weighted by Gasteiger charge is 2.34. The number of ether oxygens (including phenoxy) is 1. The van der Waals surface area contributed by atoms with Gasteiger partial charge in [0.15, 0.2) is 0 Å². The van der Waals surface area contributed by atoms with Crippen molar-refractivity contribution in [1.29, 1.82) is 5.26 Å². The Hall–Kier alpha value is -3.89. The smallest absolute Gasteiger partial charge is 0.250 e. The molecule has 4 rings (SSSR count). The van der Waals surface area contributed by atoms with Gasteiger partial charge in [-0.1, -0.05) is 84.4 Å². The largest absolute Gasteiger partial charge is 0.374 e. The molecule has 1 amide bonds. The van der Waals surface area contributed by atoms with Crippen molar-refractivity contribution in [3.63, 3.8) is 0 Å². The van der Waals surface area contributed by atoms with Gasteiger partial charge in [0.1, 0.15) is 0 Å². The molecular formula is C32H33ClN4O2. The molecule has 0 aliphatic carbocycles. The fourth-order valence-corrected chi connectivity index (χ4v) is 5.22. The average Bonchev–Trinajstić information content (AvgIpc) is 2.96. The predicted molar refractivity (Wildman–Crippen MR) is 155 cm³/mol. The normalized spacial score (nSPS) is 15.2. The predicted octanol–water partition coefficient (Wildman–Crippen LogP) is 5.39. The van der Waals surface area contributed by atoms with Gasteiger partial charge in [-0.25, -0.2) is 0 Å². The number of halogens is 1. The highest BCUT2D eigenvalue weighted by Crippen LogP contribution is 2.38. The van der Waals surface area contributed by atoms with Crippen LogP contribution in [0.4, 0.5) is 0 Å². The first kappa shape index (κ1) is 28.1. The van der Waals surface area contributed by atoms with Gasteiger partial charge in [0.2, 0.25) is 5.91 Å². The molecule has 4 N–H and O–H groups in total. The maximum absolute atomic E-state index is 13.9. The number of carbonyl (C=O) groups excluding carboxylic acids is 1. The zero-order valence-electron chi connectivity index (χ0n) is 22.0. The van der Waals surface area contributed by atoms with Crippen LogP contribution in [-0.4, -0.2) is 32.2 Å². The summed E-state index contributed by atoms with van der Waals surface area (Å²) >= 11 is 6.32. The Kier molecular flexibility index (Phi) is 9.93. The van der Waals surface area contributed by atoms with E-state index < -0.39 is 5.92 Å². The topological polar surface area (TPSA) is 100 Å². The summed E-state index contributed by atoms with van der Waals surface area (Å²) in [5.41, 5.74) is 11.0. The van der Waals surface area contributed by atoms with Gasteiger partial charge in [0, 0.05) is 29.7 Å². The first-order valence-corrected chi connectivity index (χ1v) is 13.4. The fourth-order valence-electron chi connectivity index (χ4n) is 5.03. The second kappa shape index (κ2) is 13.8. The summed E-state index contributed by atoms with van der Waals surface area (Å²) in [7, 11) is 0. The Bertz CT molecular complexity index is 1340. The van der Waals surface area contributed by atoms with Gasteiger partial charge >= 0.3 is 0 Å². The van der Waals surface area contributed by atoms with Gasteiger partial charge in [-0.15, -0.1) is 0 Å². The van der Waals surface area contributed by atoms with Gasteiger partial charge in [0.05, 0.1) is 42.0 Å². The summed E-state index contributed by atoms with van der Waals surface area (Å²) in [4.78, 5) is 13.9. The summed E-state index contributed by atoms with van der Waals surface area (Å²) in [6.45, 7) is 3.17. The quantitative estimate of drug-likeness (QED) is 0.283. The zero-order valence-corrected chi connectivity index (χ0v) is 22.7. The molecule has 0 spiro atoms. The first-order valence-electron chi connectivity index (χ1n) is 13.1. The number of nitrogens with one attached hydrogen (secondary N) is 2. The number of amides is 1. The van der Waals surface area contributed by atoms with Crippen LogP contribution in [0.5, 0.6) is 0 Å². The van der Waals surface area contributed by atoms with E-state index in [1.165, 1.54) is 11.1 Å². The van der Waals surface area contributed by atoms with Crippen LogP contribution in [0.25, 0.3) is 0 Å². The fraction of sp³-hybridized carbons (Fsp3) is 0.250. The number of benzene rings is 3. The van der Waals surface area contributed by atoms with Gasteiger partial charge in [-0.2, -0.15) is 5.26 Å². The maximum Gasteiger partial charge on any atom is 0.250 e. The third-order valence-electron chi connectivity index (χ3n) is 6.82. The van der Waals surface area contributed by atoms with E-state index in [1.54, 1.807) is 12.1 Å². The number of dihydropyridines is 1. The summed E-state index contributed by atoms with van der Waals surface area (Å²) < 4.78 is 5.73. The van der Waals surface area contributed by atoms with Crippen LogP contribution in [0.1, 0.15) is 41.9 Å². The molecule has 0 radical (unpaired) electrons. The number of nitrogens with zero attached hydrogens (tertiary/aromatic N) is 1. The van der Waals surface area contributed by atoms with E-state index in [1.807, 2.05) is 55.5 Å². The molecule has 1 heterocycles. The second-order valence-corrected chi connectivity index (χ2v) is 9.85. The lowest BCUT2D eigenvalue weighted by Gasteiger charge is -2.30. The molecule has 1 aliphatic rings. The monoisotopic (exact) mass is 540 g/mol. The minimum Gasteiger partial charge on any atom is -0.374 e. The second-order valence-electron chi connectivity index (χ2n) is 9.42. The minimum absolute atomic E-state index is 0.124. The Morgan fingerprint density at radius 2 is 1.74 bits per heavy atom. The van der Waals surface area contributed by atoms with Crippen molar-refractivity contribution >= 4 is 17.5 Å². The molecule has 200 valence electrons. The van der Waals surface area contributed by atoms with E-state index in [0.29, 0.717) is 53.7 Å². The summed E-state index contributed by atoms with van der Waals surface area (Å²) in [6.07, 6.45) is 0.710. The lowest BCUT2D eigenvalue weighted by molar-refractivity contribution is -0.117. The van der Waals surface area contributed by atoms with Crippen LogP contribution >= 0.6 is 11.6 Å². The van der Waals surface area contributed by atoms with Crippen LogP contribution in [0.2, 0.25) is 5.02 Å². The van der Waals surface area contributed by atoms with Crippen LogP contribution in [0.3, 0.4) is 0 Å². The molecular weight excluding hydrogens is 508 g/mol. The van der Waals surface area contributed by atoms with Gasteiger partial charge in [-0.3, -0.25) is 4.79 Å². The van der Waals surface area contributed by atoms with Crippen molar-refractivity contribution in [3.8, 4) is 6.07 Å². The summed E-state index contributed by atoms with van der Waals surface area (Å²) in [6, 6.07) is 30.2. The maximum atomic E-state index is 13.9. The van der Waals surface area contributed by atoms with Crippen molar-refractivity contribution in [2.75, 3.05) is 26.3 Å². The molecule has 1 aliphatic heterocycles. The first-order chi connectivity index (χ1) is 19.0. The molecule has 0 fully saturated rings. The average molecular weight is 541 g/mol. The van der Waals surface area contributed by atoms with Crippen molar-refractivity contribution in [2.24, 2.45) is 5.73 Å². The number of hydrogen-bond donors (Lipinski definition) is 3. The number of hydrogen-bond acceptors (Lipinski definition) is 5. The van der Waals surface area contributed by atoms with E-state index >= 15 is 0 Å². The van der Waals surface area contributed by atoms with E-state index in [2.05, 4.69) is 41.0 Å². The molecule has 0 saturated heterocycles. The molecule has 7 heteroatoms. The molecule has 3 aromatic carbocycles. The molecule has 1 unspecified atom stereocenters. The van der Waals surface area contributed by atoms with E-state index in [4.69, 9.17) is 22.1 Å². The summed E-state index contributed by atoms with van der Waals surface area (Å²) in [5, 5.41) is 17.0. The van der Waals surface area contributed by atoms with Gasteiger partial charge in [-0.05, 0) is 42.2 Å². The Morgan fingerprint density at radius 3 is 2.33 bits per heavy atom. The third-order valence-corrected chi connectivity index (χ3v) is 7.06. The van der Waals surface area contributed by atoms with Crippen LogP contribution in [-0.2, 0) is 9.53 Å². The van der Waals surface area contributed by atoms with Crippen LogP contribution in [0, 0.1) is 11.3 Å². The number of rotatable bonds is 11. The molecule has 6 nitrogen and oxygen atoms in total. The number of nitrogens with two attached hydrogens (primary N) is 1. The van der Waals surface area contributed by atoms with Gasteiger partial charge in [0.25, 0.3) is 0 Å². The van der Waals surface area contributed by atoms with Crippen molar-refractivity contribution < 1.29 is 9.53 Å². The molecule has 3 aromatic rings. The molecule has 0 bridgehead atoms. The van der Waals surface area contributed by atoms with Crippen molar-refractivity contribution in [1.82, 2.24) is 10.6 Å². The zero-order chi connectivity index (χ0) is 27.6. The lowest BCUT2D eigenvalue weighted by atomic mass is 9.80. The highest BCUT2D eigenvalue weighted by molar-refractivity contribution is 6.30. The van der Waals surface area contributed by atoms with Crippen molar-refractivity contribution in [3.05, 3.63) is 129 Å². The standard InChI is InChI=1S/C32H33ClN4O2/c1-22-28(20-35)30(25-13-8-14-26(33)19-25)31(29(37-22)21-39-18-16-34)32(38)36-17-15-27(23-9-4-2-5-10-23)24-11-6-3-7-12-24/h2-14,19,27,30,37H,15-18,21,34H2,1H3,(H,36,38). The SMILES string of the molecule is CC1=C(C#N)C(c2cccc(Cl)c2)C(C(=O)NCCC(c2ccccc2)c2ccccc2)=C(COCCN)N1. The van der Waals surface area contributed by atoms with Crippen LogP contribution < -0.4 is 16.4 Å². The van der Waals surface area contributed by atoms with Crippen LogP contribution in [0.15, 0.2) is 107 Å². The molecule has 39 heavy (non-hydrogen) atoms. The Morgan fingerprint density at radius 1 is 1.08 bits per heavy atom. The molecule has 0 aromatic heterocycles. The number of allylic oxidation sites excluding steroid dienone is 2. The summed E-state index contributed by atoms with van der Waals surface area (Å²) in [5.74, 6) is -0.705. The third kappa shape index (κ3) is 6.96. The van der Waals surface area contributed by atoms with E-state index in [9.17, 15) is 10.1 Å². The lowest BCUT2D eigenvalue weighted by Crippen LogP contribution is -2.37. The molecule has 0 saturated carbocycles. The van der Waals surface area contributed by atoms with E-state index in [-0.39, 0.29) is 18.4 Å².